The number of carbonyl (C=O) groups excluding carboxylic acids is 2. The first-order chi connectivity index (χ1) is 9.90. The Labute approximate surface area is 128 Å². The van der Waals surface area contributed by atoms with Gasteiger partial charge < -0.3 is 16.0 Å². The number of rotatable bonds is 8. The predicted octanol–water partition coefficient (Wildman–Crippen LogP) is 1.66. The van der Waals surface area contributed by atoms with Crippen molar-refractivity contribution in [2.75, 3.05) is 13.1 Å². The molecule has 0 bridgehead atoms. The second-order valence-corrected chi connectivity index (χ2v) is 6.20. The zero-order chi connectivity index (χ0) is 16.0. The van der Waals surface area contributed by atoms with Gasteiger partial charge in [0.25, 0.3) is 0 Å². The molecule has 0 spiro atoms. The normalized spacial score (nSPS) is 19.4. The standard InChI is InChI=1S/C16H31N3O2/c1-5-13(6-2)19-10-12(9-14(19)20)15(21)18-11-16(17,7-3)8-4/h12-13H,5-11,17H2,1-4H3,(H,18,21). The van der Waals surface area contributed by atoms with Crippen molar-refractivity contribution < 1.29 is 9.59 Å². The van der Waals surface area contributed by atoms with Gasteiger partial charge in [-0.15, -0.1) is 0 Å². The van der Waals surface area contributed by atoms with Gasteiger partial charge in [-0.3, -0.25) is 9.59 Å². The minimum atomic E-state index is -0.340. The van der Waals surface area contributed by atoms with Crippen LogP contribution in [0.4, 0.5) is 0 Å². The van der Waals surface area contributed by atoms with Gasteiger partial charge in [-0.1, -0.05) is 27.7 Å². The van der Waals surface area contributed by atoms with Crippen molar-refractivity contribution in [1.29, 1.82) is 0 Å². The van der Waals surface area contributed by atoms with Gasteiger partial charge in [0.15, 0.2) is 0 Å². The van der Waals surface area contributed by atoms with Crippen molar-refractivity contribution in [2.24, 2.45) is 11.7 Å². The fourth-order valence-electron chi connectivity index (χ4n) is 2.90. The lowest BCUT2D eigenvalue weighted by Gasteiger charge is -2.28. The molecule has 0 saturated carbocycles. The zero-order valence-electron chi connectivity index (χ0n) is 13.9. The molecule has 0 aromatic rings. The molecule has 5 heteroatoms. The maximum Gasteiger partial charge on any atom is 0.225 e. The molecule has 5 nitrogen and oxygen atoms in total. The molecule has 1 unspecified atom stereocenters. The van der Waals surface area contributed by atoms with E-state index in [0.717, 1.165) is 25.7 Å². The molecular weight excluding hydrogens is 266 g/mol. The molecule has 21 heavy (non-hydrogen) atoms. The molecule has 1 rings (SSSR count). The van der Waals surface area contributed by atoms with E-state index in [1.165, 1.54) is 0 Å². The molecule has 1 heterocycles. The van der Waals surface area contributed by atoms with Gasteiger partial charge in [-0.05, 0) is 25.7 Å². The highest BCUT2D eigenvalue weighted by molar-refractivity contribution is 5.89. The van der Waals surface area contributed by atoms with E-state index in [2.05, 4.69) is 19.2 Å². The number of nitrogens with one attached hydrogen (secondary N) is 1. The van der Waals surface area contributed by atoms with Crippen LogP contribution in [0.25, 0.3) is 0 Å². The number of likely N-dealkylation sites (tertiary alicyclic amines) is 1. The summed E-state index contributed by atoms with van der Waals surface area (Å²) in [5, 5.41) is 2.94. The van der Waals surface area contributed by atoms with Gasteiger partial charge >= 0.3 is 0 Å². The first kappa shape index (κ1) is 18.0. The Kier molecular flexibility index (Phi) is 6.65. The minimum absolute atomic E-state index is 0.0338. The summed E-state index contributed by atoms with van der Waals surface area (Å²) in [6.07, 6.45) is 3.86. The van der Waals surface area contributed by atoms with E-state index in [0.29, 0.717) is 19.5 Å². The molecule has 0 aromatic carbocycles. The quantitative estimate of drug-likeness (QED) is 0.715. The Bertz CT molecular complexity index is 363. The number of amides is 2. The third-order valence-electron chi connectivity index (χ3n) is 4.94. The highest BCUT2D eigenvalue weighted by atomic mass is 16.2. The topological polar surface area (TPSA) is 75.4 Å². The molecule has 1 atom stereocenters. The van der Waals surface area contributed by atoms with Crippen molar-refractivity contribution in [3.8, 4) is 0 Å². The van der Waals surface area contributed by atoms with Crippen LogP contribution in [0, 0.1) is 5.92 Å². The summed E-state index contributed by atoms with van der Waals surface area (Å²) in [4.78, 5) is 26.2. The van der Waals surface area contributed by atoms with Crippen LogP contribution in [-0.4, -0.2) is 41.4 Å². The fourth-order valence-corrected chi connectivity index (χ4v) is 2.90. The van der Waals surface area contributed by atoms with Gasteiger partial charge in [0.2, 0.25) is 11.8 Å². The number of hydrogen-bond donors (Lipinski definition) is 2. The van der Waals surface area contributed by atoms with E-state index < -0.39 is 0 Å². The summed E-state index contributed by atoms with van der Waals surface area (Å²) in [5.74, 6) is -0.154. The van der Waals surface area contributed by atoms with Gasteiger partial charge in [-0.2, -0.15) is 0 Å². The zero-order valence-corrected chi connectivity index (χ0v) is 13.9. The van der Waals surface area contributed by atoms with Crippen LogP contribution < -0.4 is 11.1 Å². The van der Waals surface area contributed by atoms with E-state index in [1.807, 2.05) is 18.7 Å². The summed E-state index contributed by atoms with van der Waals surface area (Å²) < 4.78 is 0. The van der Waals surface area contributed by atoms with Crippen LogP contribution in [0.3, 0.4) is 0 Å². The number of hydrogen-bond acceptors (Lipinski definition) is 3. The molecule has 1 fully saturated rings. The third-order valence-corrected chi connectivity index (χ3v) is 4.94. The van der Waals surface area contributed by atoms with E-state index >= 15 is 0 Å². The lowest BCUT2D eigenvalue weighted by Crippen LogP contribution is -2.50. The SMILES string of the molecule is CCC(CC)N1CC(C(=O)NCC(N)(CC)CC)CC1=O. The van der Waals surface area contributed by atoms with Crippen molar-refractivity contribution in [1.82, 2.24) is 10.2 Å². The van der Waals surface area contributed by atoms with E-state index in [9.17, 15) is 9.59 Å². The summed E-state index contributed by atoms with van der Waals surface area (Å²) in [5.41, 5.74) is 5.86. The summed E-state index contributed by atoms with van der Waals surface area (Å²) in [6.45, 7) is 9.26. The summed E-state index contributed by atoms with van der Waals surface area (Å²) in [6, 6.07) is 0.259. The predicted molar refractivity (Wildman–Crippen MR) is 84.7 cm³/mol. The minimum Gasteiger partial charge on any atom is -0.354 e. The Hall–Kier alpha value is -1.10. The van der Waals surface area contributed by atoms with Crippen molar-refractivity contribution >= 4 is 11.8 Å². The number of carbonyl (C=O) groups is 2. The molecule has 1 aliphatic heterocycles. The first-order valence-electron chi connectivity index (χ1n) is 8.26. The number of nitrogens with two attached hydrogens (primary N) is 1. The average Bonchev–Trinajstić information content (AvgIpc) is 2.88. The smallest absolute Gasteiger partial charge is 0.225 e. The van der Waals surface area contributed by atoms with Gasteiger partial charge in [0.05, 0.1) is 5.92 Å². The second-order valence-electron chi connectivity index (χ2n) is 6.20. The molecule has 0 aliphatic carbocycles. The lowest BCUT2D eigenvalue weighted by molar-refractivity contribution is -0.130. The third kappa shape index (κ3) is 4.43. The maximum atomic E-state index is 12.3. The van der Waals surface area contributed by atoms with Crippen molar-refractivity contribution in [2.45, 2.75) is 71.4 Å². The highest BCUT2D eigenvalue weighted by Gasteiger charge is 2.37. The van der Waals surface area contributed by atoms with Crippen LogP contribution in [0.5, 0.6) is 0 Å². The Morgan fingerprint density at radius 1 is 1.33 bits per heavy atom. The van der Waals surface area contributed by atoms with Crippen LogP contribution in [0.15, 0.2) is 0 Å². The van der Waals surface area contributed by atoms with Crippen LogP contribution >= 0.6 is 0 Å². The molecule has 0 aromatic heterocycles. The molecule has 1 aliphatic rings. The lowest BCUT2D eigenvalue weighted by atomic mass is 9.94. The fraction of sp³-hybridized carbons (Fsp3) is 0.875. The Balaban J connectivity index is 2.56. The van der Waals surface area contributed by atoms with Gasteiger partial charge in [0.1, 0.15) is 0 Å². The van der Waals surface area contributed by atoms with Crippen LogP contribution in [0.2, 0.25) is 0 Å². The average molecular weight is 297 g/mol. The van der Waals surface area contributed by atoms with E-state index in [-0.39, 0.29) is 29.3 Å². The Morgan fingerprint density at radius 3 is 2.38 bits per heavy atom. The largest absolute Gasteiger partial charge is 0.354 e. The van der Waals surface area contributed by atoms with E-state index in [1.54, 1.807) is 0 Å². The summed E-state index contributed by atoms with van der Waals surface area (Å²) in [7, 11) is 0. The van der Waals surface area contributed by atoms with Crippen molar-refractivity contribution in [3.63, 3.8) is 0 Å². The Morgan fingerprint density at radius 2 is 1.90 bits per heavy atom. The number of nitrogens with zero attached hydrogens (tertiary/aromatic N) is 1. The maximum absolute atomic E-state index is 12.3. The van der Waals surface area contributed by atoms with Gasteiger partial charge in [0, 0.05) is 31.1 Å². The molecule has 0 radical (unpaired) electrons. The highest BCUT2D eigenvalue weighted by Crippen LogP contribution is 2.23. The van der Waals surface area contributed by atoms with Gasteiger partial charge in [-0.25, -0.2) is 0 Å². The molecular formula is C16H31N3O2. The monoisotopic (exact) mass is 297 g/mol. The molecule has 3 N–H and O–H groups in total. The molecule has 122 valence electrons. The van der Waals surface area contributed by atoms with Crippen LogP contribution in [0.1, 0.15) is 59.8 Å². The molecule has 2 amide bonds. The first-order valence-corrected chi connectivity index (χ1v) is 8.26. The van der Waals surface area contributed by atoms with Crippen LogP contribution in [-0.2, 0) is 9.59 Å². The summed E-state index contributed by atoms with van der Waals surface area (Å²) >= 11 is 0. The second kappa shape index (κ2) is 7.78. The van der Waals surface area contributed by atoms with Crippen molar-refractivity contribution in [3.05, 3.63) is 0 Å². The molecule has 1 saturated heterocycles. The van der Waals surface area contributed by atoms with E-state index in [4.69, 9.17) is 5.73 Å².